The molecule has 1 heterocycles. The molecule has 0 radical (unpaired) electrons. The largest absolute Gasteiger partial charge is 0.399 e. The summed E-state index contributed by atoms with van der Waals surface area (Å²) in [5.74, 6) is -0.693. The average Bonchev–Trinajstić information content (AvgIpc) is 2.30. The maximum Gasteiger partial charge on any atom is 0.151 e. The lowest BCUT2D eigenvalue weighted by atomic mass is 9.97. The van der Waals surface area contributed by atoms with Crippen molar-refractivity contribution in [3.63, 3.8) is 0 Å². The van der Waals surface area contributed by atoms with Crippen molar-refractivity contribution in [2.45, 2.75) is 12.8 Å². The minimum Gasteiger partial charge on any atom is -0.399 e. The van der Waals surface area contributed by atoms with Gasteiger partial charge in [-0.15, -0.1) is 0 Å². The van der Waals surface area contributed by atoms with E-state index in [4.69, 9.17) is 10.5 Å². The molecule has 2 N–H and O–H groups in total. The molecular formula is C13H18F2N2O. The second-order valence-electron chi connectivity index (χ2n) is 4.72. The van der Waals surface area contributed by atoms with Gasteiger partial charge in [-0.05, 0) is 30.9 Å². The number of nitrogens with zero attached hydrogens (tertiary/aromatic N) is 1. The smallest absolute Gasteiger partial charge is 0.151 e. The minimum atomic E-state index is -0.585. The van der Waals surface area contributed by atoms with E-state index in [2.05, 4.69) is 0 Å². The molecule has 1 aromatic rings. The summed E-state index contributed by atoms with van der Waals surface area (Å²) >= 11 is 0. The van der Waals surface area contributed by atoms with E-state index in [-0.39, 0.29) is 11.4 Å². The highest BCUT2D eigenvalue weighted by Crippen LogP contribution is 2.29. The van der Waals surface area contributed by atoms with Crippen molar-refractivity contribution in [2.75, 3.05) is 37.4 Å². The van der Waals surface area contributed by atoms with Gasteiger partial charge in [-0.2, -0.15) is 0 Å². The summed E-state index contributed by atoms with van der Waals surface area (Å²) < 4.78 is 32.6. The van der Waals surface area contributed by atoms with Crippen LogP contribution in [0.4, 0.5) is 20.2 Å². The van der Waals surface area contributed by atoms with E-state index >= 15 is 0 Å². The number of nitrogen functional groups attached to an aromatic ring is 1. The number of methoxy groups -OCH3 is 1. The summed E-state index contributed by atoms with van der Waals surface area (Å²) in [5.41, 5.74) is 5.56. The van der Waals surface area contributed by atoms with E-state index in [0.29, 0.717) is 25.6 Å². The fraction of sp³-hybridized carbons (Fsp3) is 0.538. The molecule has 2 rings (SSSR count). The zero-order chi connectivity index (χ0) is 13.1. The van der Waals surface area contributed by atoms with Crippen LogP contribution < -0.4 is 10.6 Å². The predicted molar refractivity (Wildman–Crippen MR) is 67.6 cm³/mol. The van der Waals surface area contributed by atoms with Gasteiger partial charge in [-0.3, -0.25) is 0 Å². The number of hydrogen-bond donors (Lipinski definition) is 1. The summed E-state index contributed by atoms with van der Waals surface area (Å²) in [5, 5.41) is 0. The van der Waals surface area contributed by atoms with Crippen molar-refractivity contribution in [2.24, 2.45) is 5.92 Å². The van der Waals surface area contributed by atoms with Crippen LogP contribution in [0.2, 0.25) is 0 Å². The van der Waals surface area contributed by atoms with E-state index in [1.54, 1.807) is 12.0 Å². The van der Waals surface area contributed by atoms with Crippen molar-refractivity contribution in [3.05, 3.63) is 23.8 Å². The van der Waals surface area contributed by atoms with Gasteiger partial charge < -0.3 is 15.4 Å². The van der Waals surface area contributed by atoms with Gasteiger partial charge in [0.1, 0.15) is 5.69 Å². The molecule has 100 valence electrons. The average molecular weight is 256 g/mol. The molecular weight excluding hydrogens is 238 g/mol. The van der Waals surface area contributed by atoms with Crippen LogP contribution in [0.1, 0.15) is 12.8 Å². The van der Waals surface area contributed by atoms with Crippen LogP contribution in [0.5, 0.6) is 0 Å². The number of piperidine rings is 1. The SMILES string of the molecule is COCC1CCN(c2c(F)cc(N)cc2F)CC1. The summed E-state index contributed by atoms with van der Waals surface area (Å²) in [4.78, 5) is 1.75. The molecule has 0 amide bonds. The first-order valence-corrected chi connectivity index (χ1v) is 6.10. The second kappa shape index (κ2) is 5.52. The van der Waals surface area contributed by atoms with E-state index in [9.17, 15) is 8.78 Å². The zero-order valence-electron chi connectivity index (χ0n) is 10.5. The molecule has 1 fully saturated rings. The van der Waals surface area contributed by atoms with Gasteiger partial charge in [-0.1, -0.05) is 0 Å². The highest BCUT2D eigenvalue weighted by Gasteiger charge is 2.23. The van der Waals surface area contributed by atoms with Gasteiger partial charge in [0.2, 0.25) is 0 Å². The molecule has 0 saturated carbocycles. The molecule has 1 aliphatic rings. The van der Waals surface area contributed by atoms with Gasteiger partial charge in [0, 0.05) is 32.5 Å². The summed E-state index contributed by atoms with van der Waals surface area (Å²) in [6.07, 6.45) is 1.77. The maximum atomic E-state index is 13.8. The number of hydrogen-bond acceptors (Lipinski definition) is 3. The van der Waals surface area contributed by atoms with Crippen LogP contribution in [-0.2, 0) is 4.74 Å². The Bertz CT molecular complexity index is 394. The van der Waals surface area contributed by atoms with Crippen LogP contribution in [0.15, 0.2) is 12.1 Å². The minimum absolute atomic E-state index is 0.0417. The molecule has 1 aromatic carbocycles. The molecule has 1 aliphatic heterocycles. The van der Waals surface area contributed by atoms with Gasteiger partial charge in [0.05, 0.1) is 0 Å². The van der Waals surface area contributed by atoms with Crippen molar-refractivity contribution in [1.29, 1.82) is 0 Å². The quantitative estimate of drug-likeness (QED) is 0.844. The Morgan fingerprint density at radius 2 is 1.83 bits per heavy atom. The monoisotopic (exact) mass is 256 g/mol. The van der Waals surface area contributed by atoms with E-state index < -0.39 is 11.6 Å². The first-order chi connectivity index (χ1) is 8.61. The molecule has 0 unspecified atom stereocenters. The molecule has 18 heavy (non-hydrogen) atoms. The number of anilines is 2. The molecule has 1 saturated heterocycles. The summed E-state index contributed by atoms with van der Waals surface area (Å²) in [7, 11) is 1.67. The fourth-order valence-electron chi connectivity index (χ4n) is 2.45. The van der Waals surface area contributed by atoms with Crippen LogP contribution in [-0.4, -0.2) is 26.8 Å². The Labute approximate surface area is 106 Å². The number of benzene rings is 1. The van der Waals surface area contributed by atoms with Crippen molar-refractivity contribution in [3.8, 4) is 0 Å². The predicted octanol–water partition coefficient (Wildman–Crippen LogP) is 2.41. The summed E-state index contributed by atoms with van der Waals surface area (Å²) in [6, 6.07) is 2.33. The van der Waals surface area contributed by atoms with Gasteiger partial charge in [0.25, 0.3) is 0 Å². The molecule has 0 spiro atoms. The van der Waals surface area contributed by atoms with Crippen molar-refractivity contribution < 1.29 is 13.5 Å². The molecule has 0 aliphatic carbocycles. The third-order valence-electron chi connectivity index (χ3n) is 3.37. The highest BCUT2D eigenvalue weighted by atomic mass is 19.1. The maximum absolute atomic E-state index is 13.8. The first-order valence-electron chi connectivity index (χ1n) is 6.10. The zero-order valence-corrected chi connectivity index (χ0v) is 10.5. The van der Waals surface area contributed by atoms with E-state index in [1.807, 2.05) is 0 Å². The Hall–Kier alpha value is -1.36. The van der Waals surface area contributed by atoms with Gasteiger partial charge in [-0.25, -0.2) is 8.78 Å². The third-order valence-corrected chi connectivity index (χ3v) is 3.37. The van der Waals surface area contributed by atoms with E-state index in [1.165, 1.54) is 12.1 Å². The molecule has 0 atom stereocenters. The Kier molecular flexibility index (Phi) is 4.01. The molecule has 5 heteroatoms. The number of ether oxygens (including phenoxy) is 1. The van der Waals surface area contributed by atoms with Gasteiger partial charge in [0.15, 0.2) is 11.6 Å². The number of rotatable bonds is 3. The van der Waals surface area contributed by atoms with Crippen LogP contribution in [0.25, 0.3) is 0 Å². The van der Waals surface area contributed by atoms with Crippen LogP contribution in [0.3, 0.4) is 0 Å². The summed E-state index contributed by atoms with van der Waals surface area (Å²) in [6.45, 7) is 2.00. The number of nitrogens with two attached hydrogens (primary N) is 1. The highest BCUT2D eigenvalue weighted by molar-refractivity contribution is 5.56. The van der Waals surface area contributed by atoms with E-state index in [0.717, 1.165) is 12.8 Å². The third kappa shape index (κ3) is 2.72. The molecule has 0 aromatic heterocycles. The standard InChI is InChI=1S/C13H18F2N2O/c1-18-8-9-2-4-17(5-3-9)13-11(14)6-10(16)7-12(13)15/h6-7,9H,2-5,8,16H2,1H3. The lowest BCUT2D eigenvalue weighted by Crippen LogP contribution is -2.36. The molecule has 3 nitrogen and oxygen atoms in total. The van der Waals surface area contributed by atoms with Crippen molar-refractivity contribution in [1.82, 2.24) is 0 Å². The lowest BCUT2D eigenvalue weighted by molar-refractivity contribution is 0.139. The Balaban J connectivity index is 2.10. The fourth-order valence-corrected chi connectivity index (χ4v) is 2.45. The second-order valence-corrected chi connectivity index (χ2v) is 4.72. The normalized spacial score (nSPS) is 17.2. The van der Waals surface area contributed by atoms with Crippen LogP contribution in [0, 0.1) is 17.6 Å². The lowest BCUT2D eigenvalue weighted by Gasteiger charge is -2.33. The topological polar surface area (TPSA) is 38.5 Å². The Morgan fingerprint density at radius 1 is 1.28 bits per heavy atom. The van der Waals surface area contributed by atoms with Gasteiger partial charge >= 0.3 is 0 Å². The van der Waals surface area contributed by atoms with Crippen molar-refractivity contribution >= 4 is 11.4 Å². The number of halogens is 2. The molecule has 0 bridgehead atoms. The first kappa shape index (κ1) is 13.1. The van der Waals surface area contributed by atoms with Crippen LogP contribution >= 0.6 is 0 Å². The Morgan fingerprint density at radius 3 is 2.33 bits per heavy atom.